The van der Waals surface area contributed by atoms with E-state index >= 15 is 0 Å². The molecule has 1 N–H and O–H groups in total. The lowest BCUT2D eigenvalue weighted by Crippen LogP contribution is -2.37. The highest BCUT2D eigenvalue weighted by molar-refractivity contribution is 5.39. The number of rotatable bonds is 2. The summed E-state index contributed by atoms with van der Waals surface area (Å²) in [6.07, 6.45) is 4.95. The molecule has 0 bridgehead atoms. The zero-order chi connectivity index (χ0) is 18.3. The number of anilines is 1. The van der Waals surface area contributed by atoms with Crippen LogP contribution in [0.1, 0.15) is 51.0 Å². The van der Waals surface area contributed by atoms with Crippen LogP contribution in [0.15, 0.2) is 29.3 Å². The third-order valence-corrected chi connectivity index (χ3v) is 4.90. The Hall–Kier alpha value is -2.77. The minimum atomic E-state index is -0.143. The number of piperidine rings is 1. The van der Waals surface area contributed by atoms with Crippen LogP contribution in [0.4, 0.5) is 5.82 Å². The topological polar surface area (TPSA) is 92.1 Å². The molecule has 136 valence electrons. The molecular weight excluding hydrogens is 330 g/mol. The zero-order valence-electron chi connectivity index (χ0n) is 15.3. The fraction of sp³-hybridized carbons (Fsp3) is 0.500. The maximum atomic E-state index is 11.9. The van der Waals surface area contributed by atoms with Crippen LogP contribution in [-0.2, 0) is 5.41 Å². The molecule has 3 aromatic rings. The highest BCUT2D eigenvalue weighted by atomic mass is 16.1. The van der Waals surface area contributed by atoms with E-state index < -0.39 is 0 Å². The molecule has 0 atom stereocenters. The number of hydrogen-bond acceptors (Lipinski definition) is 6. The second-order valence-corrected chi connectivity index (χ2v) is 7.80. The quantitative estimate of drug-likeness (QED) is 0.756. The van der Waals surface area contributed by atoms with E-state index in [0.29, 0.717) is 5.82 Å². The molecule has 8 heteroatoms. The molecule has 3 aromatic heterocycles. The van der Waals surface area contributed by atoms with Crippen molar-refractivity contribution in [2.45, 2.75) is 44.9 Å². The van der Waals surface area contributed by atoms with E-state index in [1.165, 1.54) is 0 Å². The highest BCUT2D eigenvalue weighted by Crippen LogP contribution is 2.28. The van der Waals surface area contributed by atoms with Crippen LogP contribution in [0, 0.1) is 0 Å². The normalized spacial score (nSPS) is 16.3. The molecule has 4 heterocycles. The first-order valence-electron chi connectivity index (χ1n) is 8.95. The van der Waals surface area contributed by atoms with Crippen molar-refractivity contribution in [1.82, 2.24) is 29.8 Å². The van der Waals surface area contributed by atoms with Crippen molar-refractivity contribution in [3.63, 3.8) is 0 Å². The number of nitrogens with zero attached hydrogens (tertiary/aromatic N) is 6. The number of aromatic amines is 1. The van der Waals surface area contributed by atoms with Crippen molar-refractivity contribution >= 4 is 11.5 Å². The van der Waals surface area contributed by atoms with Gasteiger partial charge in [0.15, 0.2) is 17.3 Å². The summed E-state index contributed by atoms with van der Waals surface area (Å²) < 4.78 is 1.88. The van der Waals surface area contributed by atoms with Gasteiger partial charge in [-0.2, -0.15) is 9.61 Å². The van der Waals surface area contributed by atoms with Crippen LogP contribution >= 0.6 is 0 Å². The Bertz CT molecular complexity index is 977. The molecule has 26 heavy (non-hydrogen) atoms. The Kier molecular flexibility index (Phi) is 3.97. The molecule has 0 aromatic carbocycles. The van der Waals surface area contributed by atoms with Crippen molar-refractivity contribution in [3.8, 4) is 0 Å². The summed E-state index contributed by atoms with van der Waals surface area (Å²) in [7, 11) is 0. The molecule has 0 aliphatic carbocycles. The van der Waals surface area contributed by atoms with E-state index in [9.17, 15) is 4.79 Å². The summed E-state index contributed by atoms with van der Waals surface area (Å²) in [5.41, 5.74) is 1.62. The first-order chi connectivity index (χ1) is 12.4. The summed E-state index contributed by atoms with van der Waals surface area (Å²) >= 11 is 0. The van der Waals surface area contributed by atoms with Crippen LogP contribution in [0.25, 0.3) is 5.65 Å². The van der Waals surface area contributed by atoms with E-state index in [4.69, 9.17) is 5.10 Å². The van der Waals surface area contributed by atoms with Crippen LogP contribution in [0.2, 0.25) is 0 Å². The first kappa shape index (κ1) is 16.7. The average Bonchev–Trinajstić information content (AvgIpc) is 3.05. The van der Waals surface area contributed by atoms with Gasteiger partial charge in [-0.3, -0.25) is 4.79 Å². The largest absolute Gasteiger partial charge is 0.352 e. The molecule has 0 radical (unpaired) electrons. The van der Waals surface area contributed by atoms with Crippen LogP contribution in [0.5, 0.6) is 0 Å². The zero-order valence-corrected chi connectivity index (χ0v) is 15.3. The predicted molar refractivity (Wildman–Crippen MR) is 98.5 cm³/mol. The molecule has 1 aliphatic heterocycles. The maximum Gasteiger partial charge on any atom is 0.290 e. The van der Waals surface area contributed by atoms with Gasteiger partial charge in [-0.1, -0.05) is 20.8 Å². The molecule has 0 saturated carbocycles. The Morgan fingerprint density at radius 2 is 1.92 bits per heavy atom. The molecule has 1 aliphatic rings. The summed E-state index contributed by atoms with van der Waals surface area (Å²) in [6.45, 7) is 7.97. The third-order valence-electron chi connectivity index (χ3n) is 4.90. The molecule has 0 unspecified atom stereocenters. The van der Waals surface area contributed by atoms with E-state index in [2.05, 4.69) is 40.9 Å². The first-order valence-corrected chi connectivity index (χ1v) is 8.95. The van der Waals surface area contributed by atoms with Crippen LogP contribution < -0.4 is 10.5 Å². The van der Waals surface area contributed by atoms with Crippen molar-refractivity contribution in [3.05, 3.63) is 46.4 Å². The van der Waals surface area contributed by atoms with E-state index in [0.717, 1.165) is 43.1 Å². The predicted octanol–water partition coefficient (Wildman–Crippen LogP) is 1.89. The highest BCUT2D eigenvalue weighted by Gasteiger charge is 2.27. The third kappa shape index (κ3) is 2.95. The monoisotopic (exact) mass is 353 g/mol. The van der Waals surface area contributed by atoms with Gasteiger partial charge in [-0.15, -0.1) is 10.2 Å². The minimum absolute atomic E-state index is 0.0287. The Balaban J connectivity index is 1.58. The Morgan fingerprint density at radius 3 is 2.62 bits per heavy atom. The summed E-state index contributed by atoms with van der Waals surface area (Å²) in [5, 5.41) is 13.5. The second kappa shape index (κ2) is 6.19. The SMILES string of the molecule is CC(C)(C)c1ccc2nnc(C3CCN(c4ncc[nH]c4=O)CC3)n2n1. The van der Waals surface area contributed by atoms with Gasteiger partial charge in [-0.25, -0.2) is 4.98 Å². The van der Waals surface area contributed by atoms with Gasteiger partial charge in [0.2, 0.25) is 0 Å². The Morgan fingerprint density at radius 1 is 1.15 bits per heavy atom. The van der Waals surface area contributed by atoms with Gasteiger partial charge in [0.05, 0.1) is 5.69 Å². The summed E-state index contributed by atoms with van der Waals surface area (Å²) in [6, 6.07) is 4.00. The number of aromatic nitrogens is 6. The smallest absolute Gasteiger partial charge is 0.290 e. The molecule has 8 nitrogen and oxygen atoms in total. The fourth-order valence-electron chi connectivity index (χ4n) is 3.38. The van der Waals surface area contributed by atoms with Crippen LogP contribution in [0.3, 0.4) is 0 Å². The Labute approximate surface area is 151 Å². The van der Waals surface area contributed by atoms with Gasteiger partial charge in [0.1, 0.15) is 0 Å². The lowest BCUT2D eigenvalue weighted by Gasteiger charge is -2.31. The number of nitrogens with one attached hydrogen (secondary N) is 1. The van der Waals surface area contributed by atoms with E-state index in [1.807, 2.05) is 21.5 Å². The average molecular weight is 353 g/mol. The van der Waals surface area contributed by atoms with Gasteiger partial charge in [0, 0.05) is 36.8 Å². The summed E-state index contributed by atoms with van der Waals surface area (Å²) in [5.74, 6) is 1.66. The van der Waals surface area contributed by atoms with Crippen molar-refractivity contribution < 1.29 is 0 Å². The van der Waals surface area contributed by atoms with Gasteiger partial charge >= 0.3 is 0 Å². The lowest BCUT2D eigenvalue weighted by molar-refractivity contribution is 0.470. The molecular formula is C18H23N7O. The number of hydrogen-bond donors (Lipinski definition) is 1. The second-order valence-electron chi connectivity index (χ2n) is 7.80. The van der Waals surface area contributed by atoms with Crippen LogP contribution in [-0.4, -0.2) is 42.9 Å². The van der Waals surface area contributed by atoms with Gasteiger partial charge in [0.25, 0.3) is 5.56 Å². The number of H-pyrrole nitrogens is 1. The molecule has 0 spiro atoms. The van der Waals surface area contributed by atoms with Crippen molar-refractivity contribution in [2.75, 3.05) is 18.0 Å². The fourth-order valence-corrected chi connectivity index (χ4v) is 3.38. The molecule has 1 saturated heterocycles. The lowest BCUT2D eigenvalue weighted by atomic mass is 9.92. The molecule has 1 fully saturated rings. The van der Waals surface area contributed by atoms with Gasteiger partial charge < -0.3 is 9.88 Å². The van der Waals surface area contributed by atoms with E-state index in [1.54, 1.807) is 12.4 Å². The standard InChI is InChI=1S/C18H23N7O/c1-18(2,3)13-4-5-14-21-22-15(25(14)23-13)12-6-10-24(11-7-12)16-17(26)20-9-8-19-16/h4-5,8-9,12H,6-7,10-11H2,1-3H3,(H,20,26). The molecule has 4 rings (SSSR count). The van der Waals surface area contributed by atoms with Crippen molar-refractivity contribution in [1.29, 1.82) is 0 Å². The van der Waals surface area contributed by atoms with E-state index in [-0.39, 0.29) is 16.9 Å². The number of fused-ring (bicyclic) bond motifs is 1. The summed E-state index contributed by atoms with van der Waals surface area (Å²) in [4.78, 5) is 20.9. The van der Waals surface area contributed by atoms with Gasteiger partial charge in [-0.05, 0) is 25.0 Å². The minimum Gasteiger partial charge on any atom is -0.352 e. The maximum absolute atomic E-state index is 11.9. The molecule has 0 amide bonds. The van der Waals surface area contributed by atoms with Crippen molar-refractivity contribution in [2.24, 2.45) is 0 Å².